The van der Waals surface area contributed by atoms with Crippen LogP contribution in [0.5, 0.6) is 0 Å². The molecule has 2 atom stereocenters. The number of carbonyl (C=O) groups excluding carboxylic acids is 1. The summed E-state index contributed by atoms with van der Waals surface area (Å²) in [6.07, 6.45) is 0.657. The molecule has 108 valence electrons. The third-order valence-electron chi connectivity index (χ3n) is 3.23. The molecule has 1 aromatic heterocycles. The van der Waals surface area contributed by atoms with Crippen molar-refractivity contribution in [1.82, 2.24) is 9.97 Å². The first-order valence-electron chi connectivity index (χ1n) is 6.42. The number of ether oxygens (including phenoxy) is 1. The molecule has 0 radical (unpaired) electrons. The number of nitrogens with zero attached hydrogens (tertiary/aromatic N) is 1. The van der Waals surface area contributed by atoms with E-state index in [-0.39, 0.29) is 18.7 Å². The lowest BCUT2D eigenvalue weighted by atomic mass is 9.98. The zero-order valence-corrected chi connectivity index (χ0v) is 10.9. The van der Waals surface area contributed by atoms with E-state index in [4.69, 9.17) is 4.74 Å². The Balaban J connectivity index is 1.72. The van der Waals surface area contributed by atoms with E-state index in [2.05, 4.69) is 9.97 Å². The number of nitrogens with one attached hydrogen (secondary N) is 1. The largest absolute Gasteiger partial charge is 0.486 e. The quantitative estimate of drug-likeness (QED) is 0.881. The number of aromatic amines is 1. The van der Waals surface area contributed by atoms with Gasteiger partial charge in [0.2, 0.25) is 0 Å². The van der Waals surface area contributed by atoms with Crippen molar-refractivity contribution in [3.63, 3.8) is 0 Å². The number of fused-ring (bicyclic) bond motifs is 1. The third-order valence-corrected chi connectivity index (χ3v) is 3.23. The van der Waals surface area contributed by atoms with Crippen LogP contribution in [0, 0.1) is 5.92 Å². The van der Waals surface area contributed by atoms with Crippen LogP contribution in [-0.2, 0) is 16.1 Å². The predicted octanol–water partition coefficient (Wildman–Crippen LogP) is 2.98. The third kappa shape index (κ3) is 2.69. The van der Waals surface area contributed by atoms with Gasteiger partial charge in [-0.2, -0.15) is 0 Å². The maximum absolute atomic E-state index is 13.6. The summed E-state index contributed by atoms with van der Waals surface area (Å²) in [6, 6.07) is 7.46. The first-order valence-corrected chi connectivity index (χ1v) is 6.42. The molecule has 0 amide bonds. The van der Waals surface area contributed by atoms with Gasteiger partial charge < -0.3 is 14.5 Å². The summed E-state index contributed by atoms with van der Waals surface area (Å²) in [7, 11) is 0. The van der Waals surface area contributed by atoms with Crippen molar-refractivity contribution in [2.75, 3.05) is 0 Å². The fourth-order valence-electron chi connectivity index (χ4n) is 2.15. The molecule has 0 spiro atoms. The summed E-state index contributed by atoms with van der Waals surface area (Å²) >= 11 is 0. The molecule has 1 heterocycles. The number of aromatic nitrogens is 2. The highest BCUT2D eigenvalue weighted by Crippen LogP contribution is 2.27. The lowest BCUT2D eigenvalue weighted by Gasteiger charge is -2.17. The molecule has 0 aliphatic heterocycles. The minimum atomic E-state index is -1.71. The van der Waals surface area contributed by atoms with Gasteiger partial charge >= 0.3 is 0 Å². The topological polar surface area (TPSA) is 55.0 Å². The van der Waals surface area contributed by atoms with E-state index in [9.17, 15) is 13.6 Å². The fourth-order valence-corrected chi connectivity index (χ4v) is 2.15. The lowest BCUT2D eigenvalue weighted by molar-refractivity contribution is -0.111. The monoisotopic (exact) mass is 290 g/mol. The van der Waals surface area contributed by atoms with Crippen molar-refractivity contribution in [3.8, 4) is 0 Å². The molecule has 0 bridgehead atoms. The van der Waals surface area contributed by atoms with Crippen LogP contribution >= 0.6 is 0 Å². The van der Waals surface area contributed by atoms with Gasteiger partial charge in [0.1, 0.15) is 42.4 Å². The average Bonchev–Trinajstić information content (AvgIpc) is 2.87. The summed E-state index contributed by atoms with van der Waals surface area (Å²) in [6.45, 7) is 0.0583. The molecule has 1 N–H and O–H groups in total. The Bertz CT molecular complexity index is 703. The van der Waals surface area contributed by atoms with Crippen molar-refractivity contribution < 1.29 is 18.3 Å². The number of benzene rings is 1. The van der Waals surface area contributed by atoms with Gasteiger partial charge in [-0.15, -0.1) is 0 Å². The Morgan fingerprint density at radius 2 is 2.19 bits per heavy atom. The minimum Gasteiger partial charge on any atom is -0.486 e. The van der Waals surface area contributed by atoms with E-state index in [1.165, 1.54) is 0 Å². The molecule has 1 aliphatic carbocycles. The second-order valence-corrected chi connectivity index (χ2v) is 4.69. The molecule has 3 rings (SSSR count). The smallest absolute Gasteiger partial charge is 0.146 e. The predicted molar refractivity (Wildman–Crippen MR) is 72.6 cm³/mol. The Morgan fingerprint density at radius 3 is 2.90 bits per heavy atom. The number of rotatable bonds is 4. The van der Waals surface area contributed by atoms with Crippen LogP contribution in [0.1, 0.15) is 5.82 Å². The molecule has 2 aromatic rings. The number of carbonyl (C=O) groups is 1. The van der Waals surface area contributed by atoms with E-state index in [1.54, 1.807) is 0 Å². The van der Waals surface area contributed by atoms with Crippen LogP contribution in [0.15, 0.2) is 48.0 Å². The van der Waals surface area contributed by atoms with E-state index in [0.29, 0.717) is 5.82 Å². The average molecular weight is 290 g/mol. The number of H-pyrrole nitrogens is 1. The maximum atomic E-state index is 13.6. The van der Waals surface area contributed by atoms with Gasteiger partial charge in [-0.05, 0) is 18.2 Å². The summed E-state index contributed by atoms with van der Waals surface area (Å²) in [5.74, 6) is -1.60. The molecule has 4 nitrogen and oxygen atoms in total. The first-order chi connectivity index (χ1) is 10.2. The van der Waals surface area contributed by atoms with Crippen LogP contribution in [0.25, 0.3) is 11.0 Å². The van der Waals surface area contributed by atoms with Crippen LogP contribution < -0.4 is 0 Å². The zero-order valence-electron chi connectivity index (χ0n) is 10.9. The molecule has 0 saturated heterocycles. The second kappa shape index (κ2) is 5.47. The van der Waals surface area contributed by atoms with Crippen molar-refractivity contribution in [2.24, 2.45) is 5.92 Å². The normalized spacial score (nSPS) is 21.8. The highest BCUT2D eigenvalue weighted by atomic mass is 19.1. The SMILES string of the molecule is O=CC1C(F)=CC(OCc2nc3ccccc3[nH]2)=CC1F. The molecule has 1 aromatic carbocycles. The van der Waals surface area contributed by atoms with E-state index in [1.807, 2.05) is 24.3 Å². The molecule has 0 saturated carbocycles. The summed E-state index contributed by atoms with van der Waals surface area (Å²) in [4.78, 5) is 17.9. The molecule has 0 fully saturated rings. The Hall–Kier alpha value is -2.50. The molecule has 1 aliphatic rings. The summed E-state index contributed by atoms with van der Waals surface area (Å²) in [5.41, 5.74) is 1.65. The van der Waals surface area contributed by atoms with Crippen molar-refractivity contribution in [2.45, 2.75) is 12.8 Å². The Kier molecular flexibility index (Phi) is 3.51. The van der Waals surface area contributed by atoms with Crippen molar-refractivity contribution >= 4 is 17.3 Å². The van der Waals surface area contributed by atoms with Crippen LogP contribution in [0.2, 0.25) is 0 Å². The van der Waals surface area contributed by atoms with Crippen LogP contribution in [-0.4, -0.2) is 22.4 Å². The lowest BCUT2D eigenvalue weighted by Crippen LogP contribution is -2.20. The standard InChI is InChI=1S/C15H12F2N2O2/c16-11-5-9(6-12(17)10(11)7-20)21-8-15-18-13-3-1-2-4-14(13)19-15/h1-7,10-11H,8H2,(H,18,19). The number of imidazole rings is 1. The number of hydrogen-bond donors (Lipinski definition) is 1. The zero-order chi connectivity index (χ0) is 14.8. The fraction of sp³-hybridized carbons (Fsp3) is 0.200. The van der Waals surface area contributed by atoms with E-state index in [0.717, 1.165) is 23.2 Å². The van der Waals surface area contributed by atoms with Gasteiger partial charge in [0.25, 0.3) is 0 Å². The van der Waals surface area contributed by atoms with Gasteiger partial charge in [0.05, 0.1) is 11.0 Å². The maximum Gasteiger partial charge on any atom is 0.146 e. The van der Waals surface area contributed by atoms with Gasteiger partial charge in [-0.3, -0.25) is 0 Å². The highest BCUT2D eigenvalue weighted by molar-refractivity contribution is 5.74. The Morgan fingerprint density at radius 1 is 1.38 bits per heavy atom. The molecule has 2 unspecified atom stereocenters. The molecule has 6 heteroatoms. The molecular formula is C15H12F2N2O2. The molecular weight excluding hydrogens is 278 g/mol. The van der Waals surface area contributed by atoms with Crippen molar-refractivity contribution in [3.05, 3.63) is 53.8 Å². The number of alkyl halides is 1. The first kappa shape index (κ1) is 13.5. The number of halogens is 2. The molecule has 21 heavy (non-hydrogen) atoms. The van der Waals surface area contributed by atoms with E-state index >= 15 is 0 Å². The summed E-state index contributed by atoms with van der Waals surface area (Å²) < 4.78 is 32.4. The number of aldehydes is 1. The second-order valence-electron chi connectivity index (χ2n) is 4.69. The number of allylic oxidation sites excluding steroid dienone is 3. The van der Waals surface area contributed by atoms with Crippen LogP contribution in [0.4, 0.5) is 8.78 Å². The van der Waals surface area contributed by atoms with E-state index < -0.39 is 17.9 Å². The Labute approximate surface area is 119 Å². The van der Waals surface area contributed by atoms with Gasteiger partial charge in [0.15, 0.2) is 0 Å². The minimum absolute atomic E-state index is 0.0542. The number of para-hydroxylation sites is 2. The van der Waals surface area contributed by atoms with Gasteiger partial charge in [-0.1, -0.05) is 12.1 Å². The van der Waals surface area contributed by atoms with Crippen LogP contribution in [0.3, 0.4) is 0 Å². The summed E-state index contributed by atoms with van der Waals surface area (Å²) in [5, 5.41) is 0. The van der Waals surface area contributed by atoms with Gasteiger partial charge in [0, 0.05) is 6.08 Å². The number of hydrogen-bond acceptors (Lipinski definition) is 3. The van der Waals surface area contributed by atoms with Crippen molar-refractivity contribution in [1.29, 1.82) is 0 Å². The highest BCUT2D eigenvalue weighted by Gasteiger charge is 2.28. The van der Waals surface area contributed by atoms with Gasteiger partial charge in [-0.25, -0.2) is 13.8 Å².